The fourth-order valence-electron chi connectivity index (χ4n) is 1.20. The number of carbonyl (C=O) groups is 3. The van der Waals surface area contributed by atoms with Gasteiger partial charge in [0.1, 0.15) is 0 Å². The predicted molar refractivity (Wildman–Crippen MR) is 65.0 cm³/mol. The molecule has 0 saturated carbocycles. The molecular weight excluding hydrogens is 236 g/mol. The maximum atomic E-state index is 11.5. The summed E-state index contributed by atoms with van der Waals surface area (Å²) in [7, 11) is 0. The summed E-state index contributed by atoms with van der Waals surface area (Å²) in [6.45, 7) is 1.39. The molecule has 4 N–H and O–H groups in total. The van der Waals surface area contributed by atoms with Gasteiger partial charge >= 0.3 is 5.97 Å². The van der Waals surface area contributed by atoms with Crippen LogP contribution in [0.5, 0.6) is 0 Å². The Labute approximate surface area is 103 Å². The van der Waals surface area contributed by atoms with Crippen LogP contribution in [0.1, 0.15) is 17.3 Å². The minimum atomic E-state index is -1.19. The zero-order valence-electron chi connectivity index (χ0n) is 9.64. The Hall–Kier alpha value is -2.63. The summed E-state index contributed by atoms with van der Waals surface area (Å²) < 4.78 is 0. The van der Waals surface area contributed by atoms with Crippen molar-refractivity contribution in [1.82, 2.24) is 0 Å². The van der Waals surface area contributed by atoms with E-state index in [4.69, 9.17) is 10.8 Å². The number of carbonyl (C=O) groups excluding carboxylic acids is 2. The quantitative estimate of drug-likeness (QED) is 0.683. The van der Waals surface area contributed by atoms with Gasteiger partial charge in [-0.15, -0.1) is 0 Å². The summed E-state index contributed by atoms with van der Waals surface area (Å²) >= 11 is 0. The number of rotatable bonds is 4. The molecule has 0 unspecified atom stereocenters. The first-order chi connectivity index (χ1) is 8.40. The molecule has 1 aromatic carbocycles. The molecule has 0 heterocycles. The van der Waals surface area contributed by atoms with Gasteiger partial charge in [0.15, 0.2) is 0 Å². The van der Waals surface area contributed by atoms with Gasteiger partial charge in [0.2, 0.25) is 5.91 Å². The summed E-state index contributed by atoms with van der Waals surface area (Å²) in [5.41, 5.74) is 5.91. The monoisotopic (exact) mass is 248 g/mol. The minimum absolute atomic E-state index is 0.0708. The molecule has 0 radical (unpaired) electrons. The summed E-state index contributed by atoms with van der Waals surface area (Å²) in [6, 6.07) is 5.94. The number of carboxylic acids is 1. The molecule has 0 aromatic heterocycles. The molecule has 0 aliphatic carbocycles. The van der Waals surface area contributed by atoms with E-state index in [1.165, 1.54) is 31.2 Å². The molecule has 0 spiro atoms. The molecule has 0 aliphatic rings. The van der Waals surface area contributed by atoms with Crippen molar-refractivity contribution in [3.63, 3.8) is 0 Å². The lowest BCUT2D eigenvalue weighted by Crippen LogP contribution is -2.14. The van der Waals surface area contributed by atoms with Crippen molar-refractivity contribution in [2.75, 3.05) is 5.32 Å². The molecule has 1 aromatic rings. The molecule has 6 heteroatoms. The van der Waals surface area contributed by atoms with Gasteiger partial charge in [0.25, 0.3) is 5.91 Å². The Balaban J connectivity index is 2.76. The van der Waals surface area contributed by atoms with Crippen molar-refractivity contribution < 1.29 is 19.5 Å². The second-order valence-electron chi connectivity index (χ2n) is 3.56. The molecule has 1 rings (SSSR count). The van der Waals surface area contributed by atoms with E-state index in [9.17, 15) is 14.4 Å². The summed E-state index contributed by atoms with van der Waals surface area (Å²) in [6.07, 6.45) is 0.813. The van der Waals surface area contributed by atoms with Crippen molar-refractivity contribution in [2.24, 2.45) is 5.73 Å². The van der Waals surface area contributed by atoms with E-state index >= 15 is 0 Å². The number of benzene rings is 1. The normalized spacial score (nSPS) is 10.8. The van der Waals surface area contributed by atoms with E-state index in [1.807, 2.05) is 0 Å². The van der Waals surface area contributed by atoms with Crippen molar-refractivity contribution in [2.45, 2.75) is 6.92 Å². The van der Waals surface area contributed by atoms with Crippen molar-refractivity contribution in [3.05, 3.63) is 41.5 Å². The average Bonchev–Trinajstić information content (AvgIpc) is 2.28. The fraction of sp³-hybridized carbons (Fsp3) is 0.0833. The molecule has 0 aliphatic heterocycles. The first kappa shape index (κ1) is 13.4. The number of anilines is 1. The number of primary amides is 1. The lowest BCUT2D eigenvalue weighted by Gasteiger charge is -2.05. The number of amides is 2. The van der Waals surface area contributed by atoms with Gasteiger partial charge in [0, 0.05) is 22.9 Å². The third-order valence-corrected chi connectivity index (χ3v) is 2.13. The zero-order valence-corrected chi connectivity index (χ0v) is 9.64. The largest absolute Gasteiger partial charge is 0.478 e. The van der Waals surface area contributed by atoms with Crippen LogP contribution in [0.2, 0.25) is 0 Å². The highest BCUT2D eigenvalue weighted by Crippen LogP contribution is 2.10. The first-order valence-corrected chi connectivity index (χ1v) is 5.02. The standard InChI is InChI=1S/C12H12N2O4/c1-7(6-10(15)16)12(18)14-9-4-2-8(3-5-9)11(13)17/h2-6H,1H3,(H2,13,17)(H,14,18)(H,15,16)/b7-6+. The number of hydrogen-bond acceptors (Lipinski definition) is 3. The topological polar surface area (TPSA) is 109 Å². The van der Waals surface area contributed by atoms with Crippen LogP contribution in [-0.4, -0.2) is 22.9 Å². The Kier molecular flexibility index (Phi) is 4.20. The molecule has 94 valence electrons. The van der Waals surface area contributed by atoms with Gasteiger partial charge in [-0.1, -0.05) is 0 Å². The lowest BCUT2D eigenvalue weighted by atomic mass is 10.2. The van der Waals surface area contributed by atoms with Gasteiger partial charge in [-0.05, 0) is 31.2 Å². The third kappa shape index (κ3) is 3.75. The molecular formula is C12H12N2O4. The van der Waals surface area contributed by atoms with Crippen molar-refractivity contribution >= 4 is 23.5 Å². The van der Waals surface area contributed by atoms with Crippen LogP contribution in [0.3, 0.4) is 0 Å². The number of nitrogens with two attached hydrogens (primary N) is 1. The Morgan fingerprint density at radius 1 is 1.22 bits per heavy atom. The highest BCUT2D eigenvalue weighted by atomic mass is 16.4. The van der Waals surface area contributed by atoms with Crippen LogP contribution >= 0.6 is 0 Å². The molecule has 6 nitrogen and oxygen atoms in total. The van der Waals surface area contributed by atoms with Crippen molar-refractivity contribution in [1.29, 1.82) is 0 Å². The number of aliphatic carboxylic acids is 1. The van der Waals surface area contributed by atoms with Gasteiger partial charge in [-0.25, -0.2) is 4.79 Å². The molecule has 18 heavy (non-hydrogen) atoms. The number of nitrogens with one attached hydrogen (secondary N) is 1. The zero-order chi connectivity index (χ0) is 13.7. The fourth-order valence-corrected chi connectivity index (χ4v) is 1.20. The average molecular weight is 248 g/mol. The highest BCUT2D eigenvalue weighted by Gasteiger charge is 2.07. The van der Waals surface area contributed by atoms with E-state index in [1.54, 1.807) is 0 Å². The van der Waals surface area contributed by atoms with Crippen LogP contribution in [0.15, 0.2) is 35.9 Å². The Morgan fingerprint density at radius 2 is 1.78 bits per heavy atom. The molecule has 0 saturated heterocycles. The van der Waals surface area contributed by atoms with Gasteiger partial charge in [0.05, 0.1) is 0 Å². The highest BCUT2D eigenvalue weighted by molar-refractivity contribution is 6.06. The number of carboxylic acid groups (broad SMARTS) is 1. The predicted octanol–water partition coefficient (Wildman–Crippen LogP) is 0.755. The van der Waals surface area contributed by atoms with E-state index in [2.05, 4.69) is 5.32 Å². The van der Waals surface area contributed by atoms with Crippen LogP contribution in [-0.2, 0) is 9.59 Å². The molecule has 0 fully saturated rings. The summed E-state index contributed by atoms with van der Waals surface area (Å²) in [5, 5.41) is 11.0. The van der Waals surface area contributed by atoms with E-state index in [-0.39, 0.29) is 5.57 Å². The Bertz CT molecular complexity index is 517. The maximum Gasteiger partial charge on any atom is 0.328 e. The lowest BCUT2D eigenvalue weighted by molar-refractivity contribution is -0.131. The Morgan fingerprint density at radius 3 is 2.22 bits per heavy atom. The smallest absolute Gasteiger partial charge is 0.328 e. The van der Waals surface area contributed by atoms with Gasteiger partial charge in [-0.2, -0.15) is 0 Å². The van der Waals surface area contributed by atoms with E-state index in [0.29, 0.717) is 11.3 Å². The first-order valence-electron chi connectivity index (χ1n) is 5.02. The molecule has 0 bridgehead atoms. The second-order valence-corrected chi connectivity index (χ2v) is 3.56. The second kappa shape index (κ2) is 5.62. The van der Waals surface area contributed by atoms with Gasteiger partial charge in [-0.3, -0.25) is 9.59 Å². The van der Waals surface area contributed by atoms with E-state index < -0.39 is 17.8 Å². The summed E-state index contributed by atoms with van der Waals surface area (Å²) in [4.78, 5) is 32.7. The van der Waals surface area contributed by atoms with Crippen LogP contribution in [0.25, 0.3) is 0 Å². The van der Waals surface area contributed by atoms with Gasteiger partial charge < -0.3 is 16.2 Å². The van der Waals surface area contributed by atoms with Crippen molar-refractivity contribution in [3.8, 4) is 0 Å². The van der Waals surface area contributed by atoms with Crippen LogP contribution < -0.4 is 11.1 Å². The minimum Gasteiger partial charge on any atom is -0.478 e. The van der Waals surface area contributed by atoms with Crippen LogP contribution in [0, 0.1) is 0 Å². The van der Waals surface area contributed by atoms with Crippen LogP contribution in [0.4, 0.5) is 5.69 Å². The molecule has 2 amide bonds. The maximum absolute atomic E-state index is 11.5. The van der Waals surface area contributed by atoms with E-state index in [0.717, 1.165) is 6.08 Å². The third-order valence-electron chi connectivity index (χ3n) is 2.13. The SMILES string of the molecule is C/C(=C\C(=O)O)C(=O)Nc1ccc(C(N)=O)cc1. The molecule has 0 atom stereocenters. The summed E-state index contributed by atoms with van der Waals surface area (Å²) in [5.74, 6) is -2.27. The number of hydrogen-bond donors (Lipinski definition) is 3.